The van der Waals surface area contributed by atoms with Crippen LogP contribution in [-0.2, 0) is 6.42 Å². The minimum atomic E-state index is 0.622. The summed E-state index contributed by atoms with van der Waals surface area (Å²) in [6, 6.07) is 46.9. The van der Waals surface area contributed by atoms with E-state index in [9.17, 15) is 0 Å². The number of benzene rings is 5. The fourth-order valence-corrected chi connectivity index (χ4v) is 3.97. The molecule has 0 bridgehead atoms. The lowest BCUT2D eigenvalue weighted by atomic mass is 10.2. The summed E-state index contributed by atoms with van der Waals surface area (Å²) in [7, 11) is 0. The summed E-state index contributed by atoms with van der Waals surface area (Å²) < 4.78 is 6.10. The van der Waals surface area contributed by atoms with Gasteiger partial charge in [0, 0.05) is 12.1 Å². The Kier molecular flexibility index (Phi) is 7.90. The van der Waals surface area contributed by atoms with E-state index in [1.54, 1.807) is 0 Å². The molecule has 0 heterocycles. The second kappa shape index (κ2) is 12.2. The van der Waals surface area contributed by atoms with Crippen LogP contribution in [0.1, 0.15) is 11.1 Å². The zero-order valence-corrected chi connectivity index (χ0v) is 20.6. The van der Waals surface area contributed by atoms with Crippen molar-refractivity contribution in [2.75, 3.05) is 16.9 Å². The van der Waals surface area contributed by atoms with Gasteiger partial charge < -0.3 is 10.1 Å². The van der Waals surface area contributed by atoms with Gasteiger partial charge in [0.05, 0.1) is 29.9 Å². The van der Waals surface area contributed by atoms with Crippen LogP contribution in [0.5, 0.6) is 5.75 Å². The zero-order valence-electron chi connectivity index (χ0n) is 20.6. The van der Waals surface area contributed by atoms with Gasteiger partial charge in [-0.25, -0.2) is 5.01 Å². The Hall–Kier alpha value is -4.83. The molecule has 0 saturated heterocycles. The third kappa shape index (κ3) is 6.65. The number of para-hydroxylation sites is 4. The van der Waals surface area contributed by atoms with Crippen molar-refractivity contribution in [2.45, 2.75) is 6.42 Å². The first-order chi connectivity index (χ1) is 18.3. The molecule has 0 aliphatic carbocycles. The molecule has 0 spiro atoms. The molecule has 0 fully saturated rings. The van der Waals surface area contributed by atoms with E-state index < -0.39 is 0 Å². The highest BCUT2D eigenvalue weighted by atomic mass is 16.5. The maximum atomic E-state index is 6.10. The van der Waals surface area contributed by atoms with Crippen molar-refractivity contribution < 1.29 is 4.74 Å². The number of hydrazone groups is 1. The number of anilines is 4. The summed E-state index contributed by atoms with van der Waals surface area (Å²) in [5.74, 6) is 0.838. The molecule has 0 aliphatic heterocycles. The first-order valence-electron chi connectivity index (χ1n) is 12.4. The molecule has 5 rings (SSSR count). The highest BCUT2D eigenvalue weighted by molar-refractivity contribution is 5.82. The molecule has 1 N–H and O–H groups in total. The average molecular weight is 484 g/mol. The van der Waals surface area contributed by atoms with Gasteiger partial charge in [-0.05, 0) is 59.7 Å². The van der Waals surface area contributed by atoms with E-state index >= 15 is 0 Å². The standard InChI is InChI=1S/C33H29N3O/c1-4-12-27(13-5-1)24-25-37-33-19-11-10-18-32(33)35-29-22-20-28(21-23-29)26-34-36(30-14-6-2-7-15-30)31-16-8-3-9-17-31/h1-23,26,35H,24-25H2/b34-26+. The molecule has 4 heteroatoms. The third-order valence-electron chi connectivity index (χ3n) is 5.89. The monoisotopic (exact) mass is 483 g/mol. The summed E-state index contributed by atoms with van der Waals surface area (Å²) in [5, 5.41) is 10.2. The number of rotatable bonds is 10. The van der Waals surface area contributed by atoms with Gasteiger partial charge in [-0.3, -0.25) is 0 Å². The number of nitrogens with one attached hydrogen (secondary N) is 1. The van der Waals surface area contributed by atoms with Crippen LogP contribution in [0.4, 0.5) is 22.7 Å². The van der Waals surface area contributed by atoms with Crippen LogP contribution >= 0.6 is 0 Å². The number of nitrogens with zero attached hydrogens (tertiary/aromatic N) is 2. The lowest BCUT2D eigenvalue weighted by molar-refractivity contribution is 0.323. The number of hydrogen-bond acceptors (Lipinski definition) is 4. The molecule has 0 saturated carbocycles. The fourth-order valence-electron chi connectivity index (χ4n) is 3.97. The quantitative estimate of drug-likeness (QED) is 0.161. The van der Waals surface area contributed by atoms with Gasteiger partial charge in [0.2, 0.25) is 0 Å². The predicted molar refractivity (Wildman–Crippen MR) is 154 cm³/mol. The average Bonchev–Trinajstić information content (AvgIpc) is 2.97. The van der Waals surface area contributed by atoms with Crippen LogP contribution in [0, 0.1) is 0 Å². The van der Waals surface area contributed by atoms with E-state index in [0.717, 1.165) is 40.5 Å². The van der Waals surface area contributed by atoms with Crippen LogP contribution in [0.2, 0.25) is 0 Å². The molecule has 5 aromatic carbocycles. The van der Waals surface area contributed by atoms with Crippen molar-refractivity contribution in [3.05, 3.63) is 151 Å². The molecule has 0 aliphatic rings. The Morgan fingerprint density at radius 3 is 1.84 bits per heavy atom. The summed E-state index contributed by atoms with van der Waals surface area (Å²) in [6.07, 6.45) is 2.75. The lowest BCUT2D eigenvalue weighted by Crippen LogP contribution is -2.09. The molecule has 0 atom stereocenters. The van der Waals surface area contributed by atoms with Gasteiger partial charge in [-0.1, -0.05) is 91.0 Å². The smallest absolute Gasteiger partial charge is 0.142 e. The van der Waals surface area contributed by atoms with Crippen molar-refractivity contribution >= 4 is 29.0 Å². The Morgan fingerprint density at radius 2 is 1.19 bits per heavy atom. The van der Waals surface area contributed by atoms with Crippen molar-refractivity contribution in [1.82, 2.24) is 0 Å². The van der Waals surface area contributed by atoms with Gasteiger partial charge in [-0.15, -0.1) is 0 Å². The largest absolute Gasteiger partial charge is 0.491 e. The summed E-state index contributed by atoms with van der Waals surface area (Å²) in [6.45, 7) is 0.622. The van der Waals surface area contributed by atoms with Crippen LogP contribution in [0.25, 0.3) is 0 Å². The number of hydrogen-bond donors (Lipinski definition) is 1. The van der Waals surface area contributed by atoms with Gasteiger partial charge in [0.15, 0.2) is 0 Å². The zero-order chi connectivity index (χ0) is 25.1. The van der Waals surface area contributed by atoms with Gasteiger partial charge in [0.25, 0.3) is 0 Å². The van der Waals surface area contributed by atoms with E-state index in [-0.39, 0.29) is 0 Å². The summed E-state index contributed by atoms with van der Waals surface area (Å²) >= 11 is 0. The normalized spacial score (nSPS) is 10.8. The van der Waals surface area contributed by atoms with Crippen molar-refractivity contribution in [1.29, 1.82) is 0 Å². The van der Waals surface area contributed by atoms with Crippen LogP contribution in [0.15, 0.2) is 145 Å². The molecule has 4 nitrogen and oxygen atoms in total. The summed E-state index contributed by atoms with van der Waals surface area (Å²) in [4.78, 5) is 0. The maximum absolute atomic E-state index is 6.10. The predicted octanol–water partition coefficient (Wildman–Crippen LogP) is 8.22. The highest BCUT2D eigenvalue weighted by Gasteiger charge is 2.07. The minimum absolute atomic E-state index is 0.622. The molecule has 37 heavy (non-hydrogen) atoms. The highest BCUT2D eigenvalue weighted by Crippen LogP contribution is 2.28. The molecular formula is C33H29N3O. The van der Waals surface area contributed by atoms with Crippen molar-refractivity contribution in [3.8, 4) is 5.75 Å². The van der Waals surface area contributed by atoms with E-state index in [1.165, 1.54) is 5.56 Å². The van der Waals surface area contributed by atoms with E-state index in [0.29, 0.717) is 6.61 Å². The number of ether oxygens (including phenoxy) is 1. The Bertz CT molecular complexity index is 1360. The van der Waals surface area contributed by atoms with Crippen LogP contribution < -0.4 is 15.1 Å². The lowest BCUT2D eigenvalue weighted by Gasteiger charge is -2.19. The fraction of sp³-hybridized carbons (Fsp3) is 0.0606. The van der Waals surface area contributed by atoms with E-state index in [2.05, 4.69) is 78.1 Å². The SMILES string of the molecule is C(=N\N(c1ccccc1)c1ccccc1)/c1ccc(Nc2ccccc2OCCc2ccccc2)cc1. The first-order valence-corrected chi connectivity index (χ1v) is 12.4. The molecule has 0 radical (unpaired) electrons. The van der Waals surface area contributed by atoms with Gasteiger partial charge >= 0.3 is 0 Å². The Labute approximate surface area is 218 Å². The molecule has 5 aromatic rings. The van der Waals surface area contributed by atoms with E-state index in [4.69, 9.17) is 9.84 Å². The second-order valence-electron chi connectivity index (χ2n) is 8.55. The van der Waals surface area contributed by atoms with Gasteiger partial charge in [0.1, 0.15) is 5.75 Å². The molecule has 182 valence electrons. The molecular weight excluding hydrogens is 454 g/mol. The third-order valence-corrected chi connectivity index (χ3v) is 5.89. The first kappa shape index (κ1) is 23.9. The minimum Gasteiger partial charge on any atom is -0.491 e. The molecule has 0 aromatic heterocycles. The van der Waals surface area contributed by atoms with Gasteiger partial charge in [-0.2, -0.15) is 5.10 Å². The topological polar surface area (TPSA) is 36.9 Å². The molecule has 0 unspecified atom stereocenters. The Balaban J connectivity index is 1.25. The van der Waals surface area contributed by atoms with Crippen molar-refractivity contribution in [3.63, 3.8) is 0 Å². The Morgan fingerprint density at radius 1 is 0.622 bits per heavy atom. The summed E-state index contributed by atoms with van der Waals surface area (Å²) in [5.41, 5.74) is 6.22. The van der Waals surface area contributed by atoms with Crippen LogP contribution in [-0.4, -0.2) is 12.8 Å². The van der Waals surface area contributed by atoms with E-state index in [1.807, 2.05) is 78.0 Å². The van der Waals surface area contributed by atoms with Crippen LogP contribution in [0.3, 0.4) is 0 Å². The van der Waals surface area contributed by atoms with Crippen molar-refractivity contribution in [2.24, 2.45) is 5.10 Å². The second-order valence-corrected chi connectivity index (χ2v) is 8.55. The maximum Gasteiger partial charge on any atom is 0.142 e. The molecule has 0 amide bonds.